The lowest BCUT2D eigenvalue weighted by Crippen LogP contribution is -2.35. The highest BCUT2D eigenvalue weighted by molar-refractivity contribution is 7.91. The number of esters is 1. The Morgan fingerprint density at radius 1 is 1.04 bits per heavy atom. The van der Waals surface area contributed by atoms with E-state index in [0.29, 0.717) is 36.5 Å². The lowest BCUT2D eigenvalue weighted by atomic mass is 10.0. The lowest BCUT2D eigenvalue weighted by Gasteiger charge is -2.33. The Bertz CT molecular complexity index is 1920. The number of likely N-dealkylation sites (tertiary alicyclic amines) is 1. The topological polar surface area (TPSA) is 105 Å². The Morgan fingerprint density at radius 3 is 2.61 bits per heavy atom. The number of hydrogen-bond acceptors (Lipinski definition) is 10. The normalized spacial score (nSPS) is 16.6. The molecule has 0 N–H and O–H groups in total. The SMILES string of the molecule is CN(CCS(=O)(=O)CCOC(=O)C=Cc1ccccc1)c1nc(OC[C@@H]2CCCN2C)nc2c1CCN(c1cccc3cccc(Cl)c13)C2. The molecule has 0 amide bonds. The van der Waals surface area contributed by atoms with Gasteiger partial charge < -0.3 is 24.2 Å². The molecule has 12 heteroatoms. The molecule has 49 heavy (non-hydrogen) atoms. The molecule has 3 heterocycles. The maximum absolute atomic E-state index is 13.0. The van der Waals surface area contributed by atoms with Crippen LogP contribution in [0.4, 0.5) is 11.5 Å². The number of likely N-dealkylation sites (N-methyl/N-ethyl adjacent to an activating group) is 1. The monoisotopic (exact) mass is 703 g/mol. The van der Waals surface area contributed by atoms with Crippen molar-refractivity contribution < 1.29 is 22.7 Å². The van der Waals surface area contributed by atoms with E-state index < -0.39 is 15.8 Å². The molecule has 258 valence electrons. The van der Waals surface area contributed by atoms with Crippen molar-refractivity contribution in [2.24, 2.45) is 0 Å². The largest absolute Gasteiger partial charge is 0.462 e. The summed E-state index contributed by atoms with van der Waals surface area (Å²) in [6.07, 6.45) is 5.79. The predicted octanol–water partition coefficient (Wildman–Crippen LogP) is 5.43. The summed E-state index contributed by atoms with van der Waals surface area (Å²) in [7, 11) is 0.426. The smallest absolute Gasteiger partial charge is 0.330 e. The number of carbonyl (C=O) groups excluding carboxylic acids is 1. The van der Waals surface area contributed by atoms with Crippen molar-refractivity contribution in [2.45, 2.75) is 31.8 Å². The molecule has 3 aromatic carbocycles. The molecular weight excluding hydrogens is 662 g/mol. The second-order valence-corrected chi connectivity index (χ2v) is 15.3. The van der Waals surface area contributed by atoms with Crippen LogP contribution in [0.25, 0.3) is 16.8 Å². The average Bonchev–Trinajstić information content (AvgIpc) is 3.52. The summed E-state index contributed by atoms with van der Waals surface area (Å²) in [6.45, 7) is 2.76. The van der Waals surface area contributed by atoms with E-state index in [1.165, 1.54) is 6.08 Å². The molecule has 0 saturated carbocycles. The Balaban J connectivity index is 1.15. The van der Waals surface area contributed by atoms with Gasteiger partial charge in [-0.15, -0.1) is 0 Å². The van der Waals surface area contributed by atoms with Crippen LogP contribution >= 0.6 is 11.6 Å². The van der Waals surface area contributed by atoms with Gasteiger partial charge in [-0.05, 0) is 62.0 Å². The van der Waals surface area contributed by atoms with E-state index in [0.717, 1.165) is 59.2 Å². The van der Waals surface area contributed by atoms with Crippen molar-refractivity contribution in [1.29, 1.82) is 0 Å². The number of ether oxygens (including phenoxy) is 2. The highest BCUT2D eigenvalue weighted by Gasteiger charge is 2.28. The van der Waals surface area contributed by atoms with Crippen LogP contribution in [0.5, 0.6) is 6.01 Å². The number of carbonyl (C=O) groups is 1. The van der Waals surface area contributed by atoms with E-state index in [9.17, 15) is 13.2 Å². The van der Waals surface area contributed by atoms with Crippen molar-refractivity contribution in [3.05, 3.63) is 94.6 Å². The molecule has 1 saturated heterocycles. The number of anilines is 2. The van der Waals surface area contributed by atoms with Crippen LogP contribution in [0.15, 0.2) is 72.8 Å². The molecule has 1 atom stereocenters. The van der Waals surface area contributed by atoms with E-state index in [1.54, 1.807) is 6.08 Å². The van der Waals surface area contributed by atoms with Gasteiger partial charge in [0.05, 0.1) is 28.8 Å². The number of sulfone groups is 1. The third-order valence-electron chi connectivity index (χ3n) is 9.22. The van der Waals surface area contributed by atoms with E-state index in [2.05, 4.69) is 35.0 Å². The number of rotatable bonds is 13. The zero-order valence-electron chi connectivity index (χ0n) is 27.9. The quantitative estimate of drug-likeness (QED) is 0.132. The third-order valence-corrected chi connectivity index (χ3v) is 11.1. The first-order valence-corrected chi connectivity index (χ1v) is 18.8. The molecule has 0 spiro atoms. The molecule has 10 nitrogen and oxygen atoms in total. The van der Waals surface area contributed by atoms with Crippen LogP contribution in [0.3, 0.4) is 0 Å². The van der Waals surface area contributed by atoms with Crippen molar-refractivity contribution in [3.63, 3.8) is 0 Å². The van der Waals surface area contributed by atoms with Crippen molar-refractivity contribution in [1.82, 2.24) is 14.9 Å². The van der Waals surface area contributed by atoms with E-state index in [1.807, 2.05) is 60.5 Å². The Kier molecular flexibility index (Phi) is 11.0. The molecule has 2 aliphatic rings. The van der Waals surface area contributed by atoms with Crippen LogP contribution in [0.2, 0.25) is 5.02 Å². The summed E-state index contributed by atoms with van der Waals surface area (Å²) in [5.74, 6) is -0.300. The molecule has 1 aromatic heterocycles. The van der Waals surface area contributed by atoms with Gasteiger partial charge in [0.1, 0.15) is 19.0 Å². The summed E-state index contributed by atoms with van der Waals surface area (Å²) in [6, 6.07) is 22.0. The highest BCUT2D eigenvalue weighted by atomic mass is 35.5. The minimum Gasteiger partial charge on any atom is -0.462 e. The first-order valence-electron chi connectivity index (χ1n) is 16.6. The zero-order valence-corrected chi connectivity index (χ0v) is 29.5. The first-order chi connectivity index (χ1) is 23.7. The highest BCUT2D eigenvalue weighted by Crippen LogP contribution is 2.36. The number of aromatic nitrogens is 2. The molecule has 0 unspecified atom stereocenters. The van der Waals surface area contributed by atoms with Crippen LogP contribution in [-0.4, -0.2) is 93.7 Å². The summed E-state index contributed by atoms with van der Waals surface area (Å²) in [4.78, 5) is 28.3. The third kappa shape index (κ3) is 8.70. The van der Waals surface area contributed by atoms with Crippen LogP contribution < -0.4 is 14.5 Å². The second-order valence-electron chi connectivity index (χ2n) is 12.6. The van der Waals surface area contributed by atoms with E-state index >= 15 is 0 Å². The first kappa shape index (κ1) is 34.7. The Labute approximate surface area is 293 Å². The van der Waals surface area contributed by atoms with Crippen molar-refractivity contribution in [2.75, 3.05) is 68.2 Å². The van der Waals surface area contributed by atoms with E-state index in [4.69, 9.17) is 31.0 Å². The van der Waals surface area contributed by atoms with Gasteiger partial charge in [0, 0.05) is 48.9 Å². The van der Waals surface area contributed by atoms with Gasteiger partial charge in [-0.1, -0.05) is 66.2 Å². The minimum atomic E-state index is -3.52. The number of hydrogen-bond donors (Lipinski definition) is 0. The van der Waals surface area contributed by atoms with Gasteiger partial charge in [0.2, 0.25) is 0 Å². The molecule has 2 aliphatic heterocycles. The lowest BCUT2D eigenvalue weighted by molar-refractivity contribution is -0.137. The van der Waals surface area contributed by atoms with Gasteiger partial charge in [-0.25, -0.2) is 13.2 Å². The molecule has 0 aliphatic carbocycles. The molecule has 4 aromatic rings. The van der Waals surface area contributed by atoms with Gasteiger partial charge in [-0.2, -0.15) is 9.97 Å². The molecule has 1 fully saturated rings. The fourth-order valence-electron chi connectivity index (χ4n) is 6.40. The molecule has 0 radical (unpaired) electrons. The molecule has 6 rings (SSSR count). The summed E-state index contributed by atoms with van der Waals surface area (Å²) in [5, 5.41) is 2.78. The molecular formula is C37H42ClN5O5S. The number of nitrogens with zero attached hydrogens (tertiary/aromatic N) is 5. The van der Waals surface area contributed by atoms with Crippen molar-refractivity contribution in [3.8, 4) is 6.01 Å². The van der Waals surface area contributed by atoms with Crippen LogP contribution in [0, 0.1) is 0 Å². The van der Waals surface area contributed by atoms with E-state index in [-0.39, 0.29) is 30.7 Å². The minimum absolute atomic E-state index is 0.122. The Hall–Kier alpha value is -4.19. The van der Waals surface area contributed by atoms with Gasteiger partial charge in [0.25, 0.3) is 0 Å². The summed E-state index contributed by atoms with van der Waals surface area (Å²) >= 11 is 6.69. The second kappa shape index (κ2) is 15.6. The number of fused-ring (bicyclic) bond motifs is 2. The average molecular weight is 704 g/mol. The van der Waals surface area contributed by atoms with Gasteiger partial charge in [-0.3, -0.25) is 0 Å². The molecule has 0 bridgehead atoms. The summed E-state index contributed by atoms with van der Waals surface area (Å²) < 4.78 is 37.3. The zero-order chi connectivity index (χ0) is 34.4. The maximum Gasteiger partial charge on any atom is 0.330 e. The fraction of sp³-hybridized carbons (Fsp3) is 0.378. The van der Waals surface area contributed by atoms with Crippen molar-refractivity contribution >= 4 is 55.8 Å². The maximum atomic E-state index is 13.0. The predicted molar refractivity (Wildman–Crippen MR) is 195 cm³/mol. The van der Waals surface area contributed by atoms with Crippen LogP contribution in [-0.2, 0) is 32.3 Å². The number of halogens is 1. The Morgan fingerprint density at radius 2 is 1.84 bits per heavy atom. The van der Waals surface area contributed by atoms with Gasteiger partial charge >= 0.3 is 12.0 Å². The van der Waals surface area contributed by atoms with Gasteiger partial charge in [0.15, 0.2) is 9.84 Å². The number of benzene rings is 3. The fourth-order valence-corrected chi connectivity index (χ4v) is 7.78. The standard InChI is InChI=1S/C37H42ClN5O5S/c1-41-19-8-13-29(41)26-48-37-39-32-25-43(33-15-7-12-28-11-6-14-31(38)35(28)33)20-18-30(32)36(40-37)42(2)21-23-49(45,46)24-22-47-34(44)17-16-27-9-4-3-5-10-27/h3-7,9-12,14-17,29H,8,13,18-26H2,1-2H3/t29-/m0/s1. The van der Waals surface area contributed by atoms with Crippen LogP contribution in [0.1, 0.15) is 29.7 Å². The summed E-state index contributed by atoms with van der Waals surface area (Å²) in [5.41, 5.74) is 3.72.